The monoisotopic (exact) mass is 293 g/mol. The van der Waals surface area contributed by atoms with Crippen LogP contribution in [-0.4, -0.2) is 50.6 Å². The van der Waals surface area contributed by atoms with Gasteiger partial charge in [0, 0.05) is 39.1 Å². The lowest BCUT2D eigenvalue weighted by Crippen LogP contribution is -2.36. The molecule has 0 radical (unpaired) electrons. The minimum absolute atomic E-state index is 0.116. The summed E-state index contributed by atoms with van der Waals surface area (Å²) in [5.41, 5.74) is 7.77. The molecule has 0 saturated heterocycles. The third kappa shape index (κ3) is 4.84. The zero-order chi connectivity index (χ0) is 16.0. The first kappa shape index (κ1) is 17.1. The fourth-order valence-electron chi connectivity index (χ4n) is 1.75. The van der Waals surface area contributed by atoms with Gasteiger partial charge in [-0.3, -0.25) is 9.59 Å². The molecule has 0 aliphatic heterocycles. The molecule has 0 bridgehead atoms. The topological polar surface area (TPSA) is 84.7 Å². The van der Waals surface area contributed by atoms with E-state index >= 15 is 0 Å². The van der Waals surface area contributed by atoms with Crippen molar-refractivity contribution in [2.24, 2.45) is 5.73 Å². The molecule has 0 aromatic heterocycles. The Hall–Kier alpha value is -1.92. The van der Waals surface area contributed by atoms with Crippen LogP contribution in [-0.2, 0) is 9.53 Å². The van der Waals surface area contributed by atoms with Crippen molar-refractivity contribution < 1.29 is 14.3 Å². The molecule has 1 rings (SSSR count). The van der Waals surface area contributed by atoms with Gasteiger partial charge < -0.3 is 20.7 Å². The van der Waals surface area contributed by atoms with Crippen LogP contribution >= 0.6 is 0 Å². The molecule has 1 aromatic rings. The molecule has 0 heterocycles. The van der Waals surface area contributed by atoms with Gasteiger partial charge in [-0.25, -0.2) is 0 Å². The molecule has 1 atom stereocenters. The van der Waals surface area contributed by atoms with Crippen molar-refractivity contribution >= 4 is 17.5 Å². The first-order valence-electron chi connectivity index (χ1n) is 6.74. The number of rotatable bonds is 6. The van der Waals surface area contributed by atoms with Gasteiger partial charge in [-0.2, -0.15) is 0 Å². The van der Waals surface area contributed by atoms with Gasteiger partial charge in [-0.1, -0.05) is 6.07 Å². The first-order valence-corrected chi connectivity index (χ1v) is 6.74. The van der Waals surface area contributed by atoms with E-state index in [9.17, 15) is 9.59 Å². The molecule has 0 saturated carbocycles. The highest BCUT2D eigenvalue weighted by Gasteiger charge is 2.16. The van der Waals surface area contributed by atoms with Crippen molar-refractivity contribution in [1.29, 1.82) is 0 Å². The average molecular weight is 293 g/mol. The maximum Gasteiger partial charge on any atom is 0.253 e. The van der Waals surface area contributed by atoms with Crippen molar-refractivity contribution in [2.45, 2.75) is 19.4 Å². The number of benzene rings is 1. The third-order valence-electron chi connectivity index (χ3n) is 3.12. The molecule has 6 heteroatoms. The van der Waals surface area contributed by atoms with Crippen LogP contribution in [0.15, 0.2) is 18.2 Å². The van der Waals surface area contributed by atoms with E-state index in [4.69, 9.17) is 10.5 Å². The maximum atomic E-state index is 12.0. The van der Waals surface area contributed by atoms with Gasteiger partial charge in [0.1, 0.15) is 0 Å². The van der Waals surface area contributed by atoms with E-state index in [2.05, 4.69) is 5.32 Å². The van der Waals surface area contributed by atoms with Crippen LogP contribution in [0.3, 0.4) is 0 Å². The predicted molar refractivity (Wildman–Crippen MR) is 82.3 cm³/mol. The predicted octanol–water partition coefficient (Wildman–Crippen LogP) is 0.999. The van der Waals surface area contributed by atoms with Crippen molar-refractivity contribution in [3.63, 3.8) is 0 Å². The Morgan fingerprint density at radius 2 is 2.05 bits per heavy atom. The average Bonchev–Trinajstić information content (AvgIpc) is 2.45. The smallest absolute Gasteiger partial charge is 0.253 e. The van der Waals surface area contributed by atoms with E-state index in [1.807, 2.05) is 6.92 Å². The number of methoxy groups -OCH3 is 1. The second-order valence-electron chi connectivity index (χ2n) is 5.11. The number of amides is 2. The van der Waals surface area contributed by atoms with Gasteiger partial charge in [0.2, 0.25) is 5.91 Å². The fraction of sp³-hybridized carbons (Fsp3) is 0.467. The molecule has 6 nitrogen and oxygen atoms in total. The highest BCUT2D eigenvalue weighted by Crippen LogP contribution is 2.18. The summed E-state index contributed by atoms with van der Waals surface area (Å²) in [5.74, 6) is -0.404. The quantitative estimate of drug-likeness (QED) is 0.819. The summed E-state index contributed by atoms with van der Waals surface area (Å²) in [4.78, 5) is 25.4. The fourth-order valence-corrected chi connectivity index (χ4v) is 1.75. The molecule has 1 aromatic carbocycles. The summed E-state index contributed by atoms with van der Waals surface area (Å²) in [6, 6.07) is 4.56. The zero-order valence-electron chi connectivity index (χ0n) is 13.0. The number of nitrogens with zero attached hydrogens (tertiary/aromatic N) is 1. The Kier molecular flexibility index (Phi) is 6.33. The minimum Gasteiger partial charge on any atom is -0.385 e. The standard InChI is InChI=1S/C15H23N3O3/c1-10-5-6-11(15(20)18(2)3)9-13(10)17-14(19)12(16)7-8-21-4/h5-6,9,12H,7-8,16H2,1-4H3,(H,17,19). The second kappa shape index (κ2) is 7.75. The molecular weight excluding hydrogens is 270 g/mol. The van der Waals surface area contributed by atoms with Gasteiger partial charge >= 0.3 is 0 Å². The third-order valence-corrected chi connectivity index (χ3v) is 3.12. The zero-order valence-corrected chi connectivity index (χ0v) is 13.0. The normalized spacial score (nSPS) is 11.9. The van der Waals surface area contributed by atoms with Gasteiger partial charge in [0.05, 0.1) is 6.04 Å². The van der Waals surface area contributed by atoms with Crippen LogP contribution in [0, 0.1) is 6.92 Å². The Balaban J connectivity index is 2.85. The number of carbonyl (C=O) groups is 2. The highest BCUT2D eigenvalue weighted by molar-refractivity contribution is 5.99. The summed E-state index contributed by atoms with van der Waals surface area (Å²) >= 11 is 0. The van der Waals surface area contributed by atoms with E-state index in [-0.39, 0.29) is 11.8 Å². The molecule has 0 aliphatic rings. The maximum absolute atomic E-state index is 12.0. The van der Waals surface area contributed by atoms with Gasteiger partial charge in [0.15, 0.2) is 0 Å². The number of hydrogen-bond donors (Lipinski definition) is 2. The van der Waals surface area contributed by atoms with E-state index in [1.165, 1.54) is 4.90 Å². The molecule has 21 heavy (non-hydrogen) atoms. The lowest BCUT2D eigenvalue weighted by Gasteiger charge is -2.15. The lowest BCUT2D eigenvalue weighted by molar-refractivity contribution is -0.117. The van der Waals surface area contributed by atoms with E-state index in [0.717, 1.165) is 5.56 Å². The molecule has 2 amide bonds. The second-order valence-corrected chi connectivity index (χ2v) is 5.11. The van der Waals surface area contributed by atoms with Crippen LogP contribution in [0.5, 0.6) is 0 Å². The van der Waals surface area contributed by atoms with E-state index in [1.54, 1.807) is 39.4 Å². The summed E-state index contributed by atoms with van der Waals surface area (Å²) in [5, 5.41) is 2.76. The SMILES string of the molecule is COCCC(N)C(=O)Nc1cc(C(=O)N(C)C)ccc1C. The largest absolute Gasteiger partial charge is 0.385 e. The molecule has 3 N–H and O–H groups in total. The van der Waals surface area contributed by atoms with Crippen LogP contribution in [0.4, 0.5) is 5.69 Å². The van der Waals surface area contributed by atoms with Crippen molar-refractivity contribution in [1.82, 2.24) is 4.90 Å². The number of anilines is 1. The Morgan fingerprint density at radius 3 is 2.62 bits per heavy atom. The number of aryl methyl sites for hydroxylation is 1. The Morgan fingerprint density at radius 1 is 1.38 bits per heavy atom. The van der Waals surface area contributed by atoms with Crippen molar-refractivity contribution in [3.8, 4) is 0 Å². The summed E-state index contributed by atoms with van der Waals surface area (Å²) in [6.45, 7) is 2.28. The molecule has 0 spiro atoms. The van der Waals surface area contributed by atoms with Crippen LogP contribution in [0.25, 0.3) is 0 Å². The summed E-state index contributed by atoms with van der Waals surface area (Å²) < 4.78 is 4.90. The van der Waals surface area contributed by atoms with Crippen molar-refractivity contribution in [2.75, 3.05) is 33.1 Å². The molecule has 0 aliphatic carbocycles. The molecule has 1 unspecified atom stereocenters. The summed E-state index contributed by atoms with van der Waals surface area (Å²) in [7, 11) is 4.92. The summed E-state index contributed by atoms with van der Waals surface area (Å²) in [6.07, 6.45) is 0.442. The van der Waals surface area contributed by atoms with Crippen LogP contribution in [0.1, 0.15) is 22.3 Å². The van der Waals surface area contributed by atoms with Crippen LogP contribution in [0.2, 0.25) is 0 Å². The highest BCUT2D eigenvalue weighted by atomic mass is 16.5. The van der Waals surface area contributed by atoms with E-state index < -0.39 is 6.04 Å². The van der Waals surface area contributed by atoms with Crippen molar-refractivity contribution in [3.05, 3.63) is 29.3 Å². The lowest BCUT2D eigenvalue weighted by atomic mass is 10.1. The number of hydrogen-bond acceptors (Lipinski definition) is 4. The number of carbonyl (C=O) groups excluding carboxylic acids is 2. The number of ether oxygens (including phenoxy) is 1. The number of nitrogens with one attached hydrogen (secondary N) is 1. The van der Waals surface area contributed by atoms with Gasteiger partial charge in [0.25, 0.3) is 5.91 Å². The minimum atomic E-state index is -0.641. The first-order chi connectivity index (χ1) is 9.86. The molecular formula is C15H23N3O3. The Bertz CT molecular complexity index is 515. The van der Waals surface area contributed by atoms with E-state index in [0.29, 0.717) is 24.3 Å². The molecule has 0 fully saturated rings. The van der Waals surface area contributed by atoms with Gasteiger partial charge in [-0.15, -0.1) is 0 Å². The Labute approximate surface area is 125 Å². The number of nitrogens with two attached hydrogens (primary N) is 1. The van der Waals surface area contributed by atoms with Gasteiger partial charge in [-0.05, 0) is 31.0 Å². The molecule has 116 valence electrons. The van der Waals surface area contributed by atoms with Crippen LogP contribution < -0.4 is 11.1 Å².